The van der Waals surface area contributed by atoms with E-state index in [1.54, 1.807) is 0 Å². The lowest BCUT2D eigenvalue weighted by Gasteiger charge is -2.24. The van der Waals surface area contributed by atoms with E-state index < -0.39 is 0 Å². The maximum atomic E-state index is 12.8. The number of nitrogens with one attached hydrogen (secondary N) is 3. The summed E-state index contributed by atoms with van der Waals surface area (Å²) in [6.07, 6.45) is 7.46. The summed E-state index contributed by atoms with van der Waals surface area (Å²) in [5.74, 6) is 5.95. The molecule has 174 valence electrons. The number of benzene rings is 2. The van der Waals surface area contributed by atoms with Crippen LogP contribution in [0.15, 0.2) is 72.3 Å². The largest absolute Gasteiger partial charge is 0.401 e. The second-order valence-corrected chi connectivity index (χ2v) is 8.97. The molecule has 0 spiro atoms. The van der Waals surface area contributed by atoms with Gasteiger partial charge < -0.3 is 21.8 Å². The standard InChI is InChI=1S/C26H29N7O/c27-23-9-8-19(13-24(23)33-28)25(34)31-21-7-3-6-18(10-21)20-14-29-26(30-15-20)32-22-11-16-4-1-2-5-17(16)12-22/h1-7,10,14-15,19,22,33H,8-9,11-13,27-28H2,(H,31,34)(H,29,30,32)/t19-/m0/s1. The van der Waals surface area contributed by atoms with E-state index in [1.807, 2.05) is 36.7 Å². The van der Waals surface area contributed by atoms with Crippen molar-refractivity contribution < 1.29 is 4.79 Å². The monoisotopic (exact) mass is 455 g/mol. The predicted molar refractivity (Wildman–Crippen MR) is 133 cm³/mol. The smallest absolute Gasteiger partial charge is 0.227 e. The zero-order valence-corrected chi connectivity index (χ0v) is 18.9. The van der Waals surface area contributed by atoms with Gasteiger partial charge >= 0.3 is 0 Å². The van der Waals surface area contributed by atoms with Crippen molar-refractivity contribution in [2.75, 3.05) is 10.6 Å². The summed E-state index contributed by atoms with van der Waals surface area (Å²) in [7, 11) is 0. The minimum absolute atomic E-state index is 0.0363. The fraction of sp³-hybridized carbons (Fsp3) is 0.269. The van der Waals surface area contributed by atoms with E-state index in [9.17, 15) is 4.79 Å². The van der Waals surface area contributed by atoms with Gasteiger partial charge in [0.2, 0.25) is 11.9 Å². The number of nitrogens with two attached hydrogens (primary N) is 2. The van der Waals surface area contributed by atoms with Crippen molar-refractivity contribution in [3.05, 3.63) is 83.4 Å². The Bertz CT molecular complexity index is 1200. The number of allylic oxidation sites excluding steroid dienone is 2. The molecular weight excluding hydrogens is 426 g/mol. The molecule has 0 radical (unpaired) electrons. The number of rotatable bonds is 6. The highest BCUT2D eigenvalue weighted by atomic mass is 16.1. The first-order valence-corrected chi connectivity index (χ1v) is 11.6. The minimum Gasteiger partial charge on any atom is -0.401 e. The second kappa shape index (κ2) is 9.52. The second-order valence-electron chi connectivity index (χ2n) is 8.97. The van der Waals surface area contributed by atoms with E-state index in [-0.39, 0.29) is 11.8 Å². The van der Waals surface area contributed by atoms with Gasteiger partial charge in [-0.3, -0.25) is 10.6 Å². The average Bonchev–Trinajstić information content (AvgIpc) is 3.27. The van der Waals surface area contributed by atoms with Crippen molar-refractivity contribution in [3.63, 3.8) is 0 Å². The summed E-state index contributed by atoms with van der Waals surface area (Å²) in [4.78, 5) is 21.8. The zero-order chi connectivity index (χ0) is 23.5. The Kier molecular flexibility index (Phi) is 6.14. The summed E-state index contributed by atoms with van der Waals surface area (Å²) in [6.45, 7) is 0. The quantitative estimate of drug-likeness (QED) is 0.285. The summed E-state index contributed by atoms with van der Waals surface area (Å²) >= 11 is 0. The van der Waals surface area contributed by atoms with Crippen molar-refractivity contribution in [2.24, 2.45) is 17.5 Å². The van der Waals surface area contributed by atoms with Crippen LogP contribution in [0, 0.1) is 5.92 Å². The van der Waals surface area contributed by atoms with Gasteiger partial charge in [0.25, 0.3) is 0 Å². The third-order valence-electron chi connectivity index (χ3n) is 6.64. The van der Waals surface area contributed by atoms with Crippen molar-refractivity contribution in [3.8, 4) is 11.1 Å². The van der Waals surface area contributed by atoms with Crippen LogP contribution in [0.4, 0.5) is 11.6 Å². The fourth-order valence-electron chi connectivity index (χ4n) is 4.75. The highest BCUT2D eigenvalue weighted by Gasteiger charge is 2.25. The molecule has 7 N–H and O–H groups in total. The fourth-order valence-corrected chi connectivity index (χ4v) is 4.75. The molecule has 0 bridgehead atoms. The first-order chi connectivity index (χ1) is 16.6. The normalized spacial score (nSPS) is 17.9. The average molecular weight is 456 g/mol. The van der Waals surface area contributed by atoms with Crippen molar-refractivity contribution in [2.45, 2.75) is 38.1 Å². The van der Waals surface area contributed by atoms with E-state index in [0.717, 1.165) is 41.1 Å². The van der Waals surface area contributed by atoms with Crippen LogP contribution in [0.2, 0.25) is 0 Å². The van der Waals surface area contributed by atoms with Crippen LogP contribution in [0.5, 0.6) is 0 Å². The van der Waals surface area contributed by atoms with Crippen LogP contribution in [0.25, 0.3) is 11.1 Å². The molecule has 0 saturated carbocycles. The molecule has 0 saturated heterocycles. The Hall–Kier alpha value is -3.91. The molecular formula is C26H29N7O. The Morgan fingerprint density at radius 1 is 0.941 bits per heavy atom. The van der Waals surface area contributed by atoms with Crippen LogP contribution in [-0.4, -0.2) is 21.9 Å². The molecule has 34 heavy (non-hydrogen) atoms. The van der Waals surface area contributed by atoms with Crippen LogP contribution in [-0.2, 0) is 17.6 Å². The maximum Gasteiger partial charge on any atom is 0.227 e. The van der Waals surface area contributed by atoms with E-state index in [4.69, 9.17) is 11.6 Å². The SMILES string of the molecule is NNC1=C(N)CC[C@H](C(=O)Nc2cccc(-c3cnc(NC4Cc5ccccc5C4)nc3)c2)C1. The van der Waals surface area contributed by atoms with Gasteiger partial charge in [0.15, 0.2) is 0 Å². The van der Waals surface area contributed by atoms with Gasteiger partial charge in [0, 0.05) is 53.4 Å². The highest BCUT2D eigenvalue weighted by Crippen LogP contribution is 2.28. The molecule has 1 heterocycles. The molecule has 5 rings (SSSR count). The summed E-state index contributed by atoms with van der Waals surface area (Å²) in [5, 5.41) is 6.47. The number of carbonyl (C=O) groups is 1. The van der Waals surface area contributed by atoms with Gasteiger partial charge in [-0.15, -0.1) is 0 Å². The number of anilines is 2. The van der Waals surface area contributed by atoms with Gasteiger partial charge in [-0.1, -0.05) is 36.4 Å². The van der Waals surface area contributed by atoms with E-state index >= 15 is 0 Å². The molecule has 8 heteroatoms. The Balaban J connectivity index is 1.22. The Morgan fingerprint density at radius 3 is 2.38 bits per heavy atom. The lowest BCUT2D eigenvalue weighted by molar-refractivity contribution is -0.120. The molecule has 1 atom stereocenters. The number of nitrogens with zero attached hydrogens (tertiary/aromatic N) is 2. The molecule has 0 unspecified atom stereocenters. The zero-order valence-electron chi connectivity index (χ0n) is 18.9. The van der Waals surface area contributed by atoms with Crippen molar-refractivity contribution in [1.82, 2.24) is 15.4 Å². The van der Waals surface area contributed by atoms with E-state index in [0.29, 0.717) is 31.3 Å². The van der Waals surface area contributed by atoms with Crippen LogP contribution in [0.1, 0.15) is 30.4 Å². The number of hydrogen-bond acceptors (Lipinski definition) is 7. The highest BCUT2D eigenvalue weighted by molar-refractivity contribution is 5.93. The number of fused-ring (bicyclic) bond motifs is 1. The number of hydrogen-bond donors (Lipinski definition) is 5. The molecule has 0 fully saturated rings. The van der Waals surface area contributed by atoms with Gasteiger partial charge in [-0.2, -0.15) is 0 Å². The van der Waals surface area contributed by atoms with Crippen molar-refractivity contribution in [1.29, 1.82) is 0 Å². The lowest BCUT2D eigenvalue weighted by atomic mass is 9.89. The van der Waals surface area contributed by atoms with Gasteiger partial charge in [0.05, 0.1) is 0 Å². The Labute approximate surface area is 198 Å². The van der Waals surface area contributed by atoms with Crippen molar-refractivity contribution >= 4 is 17.5 Å². The molecule has 0 aliphatic heterocycles. The summed E-state index contributed by atoms with van der Waals surface area (Å²) in [5.41, 5.74) is 15.4. The number of carbonyl (C=O) groups excluding carboxylic acids is 1. The minimum atomic E-state index is -0.169. The van der Waals surface area contributed by atoms with Gasteiger partial charge in [-0.25, -0.2) is 9.97 Å². The summed E-state index contributed by atoms with van der Waals surface area (Å²) < 4.78 is 0. The van der Waals surface area contributed by atoms with E-state index in [2.05, 4.69) is 50.3 Å². The molecule has 1 aromatic heterocycles. The van der Waals surface area contributed by atoms with Gasteiger partial charge in [-0.05, 0) is 54.5 Å². The maximum absolute atomic E-state index is 12.8. The predicted octanol–water partition coefficient (Wildman–Crippen LogP) is 3.10. The summed E-state index contributed by atoms with van der Waals surface area (Å²) in [6, 6.07) is 16.6. The lowest BCUT2D eigenvalue weighted by Crippen LogP contribution is -2.33. The third-order valence-corrected chi connectivity index (χ3v) is 6.64. The number of hydrazine groups is 1. The Morgan fingerprint density at radius 2 is 1.68 bits per heavy atom. The number of aromatic nitrogens is 2. The number of amides is 1. The molecule has 2 aromatic carbocycles. The third kappa shape index (κ3) is 4.72. The molecule has 2 aliphatic carbocycles. The molecule has 8 nitrogen and oxygen atoms in total. The molecule has 2 aliphatic rings. The first kappa shape index (κ1) is 21.9. The topological polar surface area (TPSA) is 131 Å². The molecule has 3 aromatic rings. The van der Waals surface area contributed by atoms with Gasteiger partial charge in [0.1, 0.15) is 0 Å². The van der Waals surface area contributed by atoms with Crippen LogP contribution >= 0.6 is 0 Å². The van der Waals surface area contributed by atoms with Crippen LogP contribution in [0.3, 0.4) is 0 Å². The van der Waals surface area contributed by atoms with E-state index in [1.165, 1.54) is 11.1 Å². The first-order valence-electron chi connectivity index (χ1n) is 11.6. The van der Waals surface area contributed by atoms with Crippen LogP contribution < -0.4 is 27.6 Å². The molecule has 1 amide bonds.